The van der Waals surface area contributed by atoms with Crippen molar-refractivity contribution in [1.29, 1.82) is 0 Å². The number of rotatable bonds is 25. The van der Waals surface area contributed by atoms with E-state index in [4.69, 9.17) is 10.5 Å². The predicted octanol–water partition coefficient (Wildman–Crippen LogP) is 4.83. The van der Waals surface area contributed by atoms with Gasteiger partial charge in [0.1, 0.15) is 48.4 Å². The summed E-state index contributed by atoms with van der Waals surface area (Å²) < 4.78 is 6.10. The van der Waals surface area contributed by atoms with Crippen molar-refractivity contribution in [1.82, 2.24) is 37.2 Å². The monoisotopic (exact) mass is 1050 g/mol. The molecule has 0 saturated carbocycles. The zero-order valence-electron chi connectivity index (χ0n) is 46.8. The standard InChI is InChI=1S/C54H96N8O12/c1-13-33(9)23-21-19-17-18-20-22-24-37-29-43(64)56-38(25-26-42(55)63)48(67)60-45(34(10)14-2)52(71)58-40(28-32(7)8)50(69)61-46(35(11)15-3)53(72)59-41(30-44(65)66)49(68)57-39(27-31(5)6)51(70)62-47(36(12)16-4)54(73)74-37/h31-41,45-47H,13-30H2,1-12H3,(H2,55,63)(H,56,64)(H,57,68)(H,58,71)(H,59,72)(H,60,67)(H,61,69)(H,62,70)(H,65,66)/t33-,34-,35-,36-,37-,38-,39+,40+,41+,45-,46-,47-/m1/s1. The van der Waals surface area contributed by atoms with Crippen molar-refractivity contribution in [2.24, 2.45) is 41.2 Å². The Morgan fingerprint density at radius 1 is 0.527 bits per heavy atom. The topological polar surface area (TPSA) is 310 Å². The molecule has 8 amide bonds. The number of nitrogens with two attached hydrogens (primary N) is 1. The van der Waals surface area contributed by atoms with Gasteiger partial charge >= 0.3 is 11.9 Å². The molecular formula is C54H96N8O12. The van der Waals surface area contributed by atoms with Crippen LogP contribution in [-0.4, -0.2) is 113 Å². The fourth-order valence-corrected chi connectivity index (χ4v) is 8.65. The second kappa shape index (κ2) is 35.0. The maximum atomic E-state index is 14.3. The second-order valence-corrected chi connectivity index (χ2v) is 21.8. The van der Waals surface area contributed by atoms with E-state index in [1.54, 1.807) is 48.5 Å². The average molecular weight is 1050 g/mol. The van der Waals surface area contributed by atoms with E-state index < -0.39 is 138 Å². The average Bonchev–Trinajstić information content (AvgIpc) is 3.33. The van der Waals surface area contributed by atoms with Crippen molar-refractivity contribution in [2.75, 3.05) is 0 Å². The molecule has 1 fully saturated rings. The summed E-state index contributed by atoms with van der Waals surface area (Å²) in [5, 5.41) is 28.7. The lowest BCUT2D eigenvalue weighted by atomic mass is 9.95. The molecule has 74 heavy (non-hydrogen) atoms. The molecule has 12 atom stereocenters. The minimum absolute atomic E-state index is 0.0465. The molecule has 424 valence electrons. The lowest BCUT2D eigenvalue weighted by Gasteiger charge is -2.31. The van der Waals surface area contributed by atoms with Gasteiger partial charge in [0.15, 0.2) is 0 Å². The molecule has 0 aromatic carbocycles. The molecule has 0 aliphatic carbocycles. The summed E-state index contributed by atoms with van der Waals surface area (Å²) >= 11 is 0. The van der Waals surface area contributed by atoms with Crippen molar-refractivity contribution in [2.45, 2.75) is 247 Å². The van der Waals surface area contributed by atoms with E-state index in [0.717, 1.165) is 44.9 Å². The van der Waals surface area contributed by atoms with Crippen molar-refractivity contribution in [3.05, 3.63) is 0 Å². The molecule has 1 saturated heterocycles. The summed E-state index contributed by atoms with van der Waals surface area (Å²) in [7, 11) is 0. The number of primary amides is 1. The molecule has 0 unspecified atom stereocenters. The Balaban J connectivity index is 4.02. The van der Waals surface area contributed by atoms with Crippen LogP contribution in [0.5, 0.6) is 0 Å². The van der Waals surface area contributed by atoms with E-state index in [0.29, 0.717) is 31.6 Å². The first-order valence-corrected chi connectivity index (χ1v) is 27.6. The molecule has 0 aromatic heterocycles. The summed E-state index contributed by atoms with van der Waals surface area (Å²) in [6.45, 7) is 22.2. The lowest BCUT2D eigenvalue weighted by molar-refractivity contribution is -0.156. The number of nitrogens with one attached hydrogen (secondary N) is 7. The van der Waals surface area contributed by atoms with Gasteiger partial charge in [-0.2, -0.15) is 0 Å². The first-order chi connectivity index (χ1) is 34.8. The summed E-state index contributed by atoms with van der Waals surface area (Å²) in [4.78, 5) is 138. The Hall–Kier alpha value is -5.30. The van der Waals surface area contributed by atoms with Gasteiger partial charge in [-0.15, -0.1) is 0 Å². The van der Waals surface area contributed by atoms with Crippen LogP contribution >= 0.6 is 0 Å². The molecule has 0 spiro atoms. The van der Waals surface area contributed by atoms with Crippen LogP contribution in [-0.2, 0) is 52.7 Å². The SMILES string of the molecule is CC[C@@H](C)CCCCCCCC[C@@H]1CC(=O)N[C@H](CCC(N)=O)C(=O)N[C@H]([C@H](C)CC)C(=O)N[C@@H](CC(C)C)C(=O)N[C@H]([C@H](C)CC)C(=O)N[C@@H](CC(=O)O)C(=O)N[C@@H](CC(C)C)C(=O)N[C@H]([C@H](C)CC)C(=O)O1. The Labute approximate surface area is 441 Å². The summed E-state index contributed by atoms with van der Waals surface area (Å²) in [6.07, 6.45) is 6.47. The first-order valence-electron chi connectivity index (χ1n) is 27.6. The number of carbonyl (C=O) groups is 10. The smallest absolute Gasteiger partial charge is 0.329 e. The normalized spacial score (nSPS) is 25.3. The fourth-order valence-electron chi connectivity index (χ4n) is 8.65. The van der Waals surface area contributed by atoms with Crippen molar-refractivity contribution in [3.8, 4) is 0 Å². The number of unbranched alkanes of at least 4 members (excludes halogenated alkanes) is 5. The Morgan fingerprint density at radius 3 is 1.41 bits per heavy atom. The van der Waals surface area contributed by atoms with E-state index in [9.17, 15) is 53.1 Å². The summed E-state index contributed by atoms with van der Waals surface area (Å²) in [5.74, 6) is -10.00. The van der Waals surface area contributed by atoms with E-state index >= 15 is 0 Å². The van der Waals surface area contributed by atoms with Crippen LogP contribution in [0.15, 0.2) is 0 Å². The van der Waals surface area contributed by atoms with Gasteiger partial charge in [-0.05, 0) is 67.6 Å². The number of cyclic esters (lactones) is 1. The van der Waals surface area contributed by atoms with Gasteiger partial charge in [-0.3, -0.25) is 43.2 Å². The molecule has 0 radical (unpaired) electrons. The highest BCUT2D eigenvalue weighted by atomic mass is 16.5. The number of carbonyl (C=O) groups excluding carboxylic acids is 9. The zero-order valence-corrected chi connectivity index (χ0v) is 46.8. The molecule has 10 N–H and O–H groups in total. The Morgan fingerprint density at radius 2 is 0.946 bits per heavy atom. The lowest BCUT2D eigenvalue weighted by Crippen LogP contribution is -2.61. The summed E-state index contributed by atoms with van der Waals surface area (Å²) in [5.41, 5.74) is 5.51. The van der Waals surface area contributed by atoms with Gasteiger partial charge in [0, 0.05) is 6.42 Å². The fraction of sp³-hybridized carbons (Fsp3) is 0.815. The zero-order chi connectivity index (χ0) is 56.2. The second-order valence-electron chi connectivity index (χ2n) is 21.8. The van der Waals surface area contributed by atoms with Crippen molar-refractivity contribution in [3.63, 3.8) is 0 Å². The number of amides is 8. The molecule has 1 heterocycles. The largest absolute Gasteiger partial charge is 0.481 e. The van der Waals surface area contributed by atoms with E-state index in [-0.39, 0.29) is 43.9 Å². The van der Waals surface area contributed by atoms with Gasteiger partial charge in [0.25, 0.3) is 0 Å². The number of hydrogen-bond donors (Lipinski definition) is 9. The van der Waals surface area contributed by atoms with Crippen LogP contribution in [0, 0.1) is 35.5 Å². The quantitative estimate of drug-likeness (QED) is 0.0439. The Bertz CT molecular complexity index is 1830. The number of carboxylic acids is 1. The minimum atomic E-state index is -1.72. The van der Waals surface area contributed by atoms with Gasteiger partial charge in [0.2, 0.25) is 47.3 Å². The highest BCUT2D eigenvalue weighted by Gasteiger charge is 2.39. The number of ether oxygens (including phenoxy) is 1. The third-order valence-corrected chi connectivity index (χ3v) is 14.2. The van der Waals surface area contributed by atoms with E-state index in [2.05, 4.69) is 51.1 Å². The van der Waals surface area contributed by atoms with Crippen molar-refractivity contribution >= 4 is 59.2 Å². The highest BCUT2D eigenvalue weighted by Crippen LogP contribution is 2.20. The molecule has 20 heteroatoms. The van der Waals surface area contributed by atoms with Gasteiger partial charge in [-0.1, -0.05) is 147 Å². The first kappa shape index (κ1) is 66.7. The maximum absolute atomic E-state index is 14.3. The molecule has 1 rings (SSSR count). The molecule has 1 aliphatic rings. The molecule has 20 nitrogen and oxygen atoms in total. The van der Waals surface area contributed by atoms with Crippen molar-refractivity contribution < 1.29 is 57.8 Å². The number of esters is 1. The minimum Gasteiger partial charge on any atom is -0.481 e. The van der Waals surface area contributed by atoms with Gasteiger partial charge < -0.3 is 52.8 Å². The van der Waals surface area contributed by atoms with Crippen LogP contribution in [0.2, 0.25) is 0 Å². The van der Waals surface area contributed by atoms with Gasteiger partial charge in [0.05, 0.1) is 12.8 Å². The van der Waals surface area contributed by atoms with Crippen LogP contribution in [0.25, 0.3) is 0 Å². The molecule has 0 aromatic rings. The Kier molecular flexibility index (Phi) is 31.6. The van der Waals surface area contributed by atoms with Crippen LogP contribution in [0.4, 0.5) is 0 Å². The number of carboxylic acid groups (broad SMARTS) is 1. The third kappa shape index (κ3) is 25.3. The summed E-state index contributed by atoms with van der Waals surface area (Å²) in [6, 6.07) is -9.50. The third-order valence-electron chi connectivity index (χ3n) is 14.2. The van der Waals surface area contributed by atoms with Crippen LogP contribution < -0.4 is 43.0 Å². The number of aliphatic carboxylic acids is 1. The maximum Gasteiger partial charge on any atom is 0.329 e. The molecule has 0 bridgehead atoms. The molecular weight excluding hydrogens is 953 g/mol. The van der Waals surface area contributed by atoms with E-state index in [1.807, 2.05) is 20.8 Å². The van der Waals surface area contributed by atoms with E-state index in [1.165, 1.54) is 0 Å². The van der Waals surface area contributed by atoms with Crippen LogP contribution in [0.3, 0.4) is 0 Å². The molecule has 1 aliphatic heterocycles. The predicted molar refractivity (Wildman–Crippen MR) is 282 cm³/mol. The van der Waals surface area contributed by atoms with Gasteiger partial charge in [-0.25, -0.2) is 4.79 Å². The highest BCUT2D eigenvalue weighted by molar-refractivity contribution is 5.98. The number of hydrogen-bond acceptors (Lipinski definition) is 11. The van der Waals surface area contributed by atoms with Crippen LogP contribution in [0.1, 0.15) is 199 Å².